The number of benzene rings is 1. The van der Waals surface area contributed by atoms with Crippen molar-refractivity contribution in [2.45, 2.75) is 4.90 Å². The van der Waals surface area contributed by atoms with Gasteiger partial charge in [0, 0.05) is 17.2 Å². The minimum atomic E-state index is 0.637. The molecule has 0 fully saturated rings. The van der Waals surface area contributed by atoms with Crippen molar-refractivity contribution in [3.8, 4) is 11.5 Å². The molecule has 1 aromatic rings. The van der Waals surface area contributed by atoms with E-state index in [1.807, 2.05) is 18.2 Å². The number of hydrogen-bond donors (Lipinski definition) is 1. The lowest BCUT2D eigenvalue weighted by Gasteiger charge is -2.18. The largest absolute Gasteiger partial charge is 0.486 e. The van der Waals surface area contributed by atoms with Crippen LogP contribution < -0.4 is 15.2 Å². The Morgan fingerprint density at radius 1 is 1.21 bits per heavy atom. The van der Waals surface area contributed by atoms with Crippen LogP contribution in [0, 0.1) is 0 Å². The van der Waals surface area contributed by atoms with E-state index < -0.39 is 0 Å². The number of fused-ring (bicyclic) bond motifs is 1. The van der Waals surface area contributed by atoms with E-state index in [2.05, 4.69) is 0 Å². The summed E-state index contributed by atoms with van der Waals surface area (Å²) < 4.78 is 10.9. The molecule has 0 atom stereocenters. The number of ether oxygens (including phenoxy) is 2. The first-order chi connectivity index (χ1) is 6.90. The summed E-state index contributed by atoms with van der Waals surface area (Å²) in [7, 11) is 0. The molecule has 0 radical (unpaired) electrons. The Labute approximate surface area is 87.6 Å². The van der Waals surface area contributed by atoms with Gasteiger partial charge in [0.2, 0.25) is 0 Å². The first-order valence-electron chi connectivity index (χ1n) is 4.62. The van der Waals surface area contributed by atoms with Crippen molar-refractivity contribution in [1.29, 1.82) is 0 Å². The quantitative estimate of drug-likeness (QED) is 0.770. The molecule has 76 valence electrons. The predicted octanol–water partition coefficient (Wildman–Crippen LogP) is 1.51. The van der Waals surface area contributed by atoms with Gasteiger partial charge in [-0.1, -0.05) is 0 Å². The van der Waals surface area contributed by atoms with E-state index in [-0.39, 0.29) is 0 Å². The number of rotatable bonds is 3. The molecule has 0 aromatic heterocycles. The van der Waals surface area contributed by atoms with Gasteiger partial charge in [-0.25, -0.2) is 0 Å². The van der Waals surface area contributed by atoms with Crippen molar-refractivity contribution in [2.24, 2.45) is 5.73 Å². The number of nitrogens with two attached hydrogens (primary N) is 1. The third-order valence-corrected chi connectivity index (χ3v) is 2.93. The number of thioether (sulfide) groups is 1. The van der Waals surface area contributed by atoms with Crippen LogP contribution in [0.25, 0.3) is 0 Å². The Morgan fingerprint density at radius 2 is 2.00 bits per heavy atom. The maximum absolute atomic E-state index is 5.47. The normalized spacial score (nSPS) is 14.1. The monoisotopic (exact) mass is 211 g/mol. The fourth-order valence-electron chi connectivity index (χ4n) is 1.29. The standard InChI is InChI=1S/C10H13NO2S/c11-3-6-14-8-1-2-9-10(7-8)13-5-4-12-9/h1-2,7H,3-6,11H2. The molecule has 0 amide bonds. The van der Waals surface area contributed by atoms with Crippen LogP contribution in [-0.2, 0) is 0 Å². The lowest BCUT2D eigenvalue weighted by molar-refractivity contribution is 0.171. The zero-order valence-electron chi connectivity index (χ0n) is 7.86. The lowest BCUT2D eigenvalue weighted by Crippen LogP contribution is -2.15. The van der Waals surface area contributed by atoms with Crippen molar-refractivity contribution in [2.75, 3.05) is 25.5 Å². The molecule has 1 aliphatic rings. The van der Waals surface area contributed by atoms with Gasteiger partial charge in [0.05, 0.1) is 0 Å². The molecule has 3 nitrogen and oxygen atoms in total. The predicted molar refractivity (Wildman–Crippen MR) is 57.2 cm³/mol. The smallest absolute Gasteiger partial charge is 0.162 e. The van der Waals surface area contributed by atoms with Gasteiger partial charge in [-0.15, -0.1) is 11.8 Å². The summed E-state index contributed by atoms with van der Waals surface area (Å²) in [4.78, 5) is 1.18. The maximum Gasteiger partial charge on any atom is 0.162 e. The molecule has 14 heavy (non-hydrogen) atoms. The van der Waals surface area contributed by atoms with Crippen LogP contribution in [-0.4, -0.2) is 25.5 Å². The summed E-state index contributed by atoms with van der Waals surface area (Å²) in [6.07, 6.45) is 0. The van der Waals surface area contributed by atoms with Crippen LogP contribution in [0.4, 0.5) is 0 Å². The van der Waals surface area contributed by atoms with E-state index in [4.69, 9.17) is 15.2 Å². The summed E-state index contributed by atoms with van der Waals surface area (Å²) in [5.74, 6) is 2.62. The lowest BCUT2D eigenvalue weighted by atomic mass is 10.3. The summed E-state index contributed by atoms with van der Waals surface area (Å²) in [5.41, 5.74) is 5.44. The molecule has 1 aliphatic heterocycles. The van der Waals surface area contributed by atoms with Gasteiger partial charge in [-0.3, -0.25) is 0 Å². The summed E-state index contributed by atoms with van der Waals surface area (Å²) >= 11 is 1.73. The van der Waals surface area contributed by atoms with Crippen molar-refractivity contribution in [3.05, 3.63) is 18.2 Å². The van der Waals surface area contributed by atoms with E-state index in [9.17, 15) is 0 Å². The molecule has 0 saturated heterocycles. The second-order valence-corrected chi connectivity index (χ2v) is 4.11. The molecule has 0 unspecified atom stereocenters. The van der Waals surface area contributed by atoms with Gasteiger partial charge < -0.3 is 15.2 Å². The highest BCUT2D eigenvalue weighted by Crippen LogP contribution is 2.33. The fourth-order valence-corrected chi connectivity index (χ4v) is 2.00. The van der Waals surface area contributed by atoms with Gasteiger partial charge in [-0.05, 0) is 18.2 Å². The first-order valence-corrected chi connectivity index (χ1v) is 5.61. The van der Waals surface area contributed by atoms with E-state index in [1.165, 1.54) is 4.90 Å². The Morgan fingerprint density at radius 3 is 2.79 bits per heavy atom. The van der Waals surface area contributed by atoms with Crippen LogP contribution >= 0.6 is 11.8 Å². The van der Waals surface area contributed by atoms with E-state index >= 15 is 0 Å². The third kappa shape index (κ3) is 2.13. The Balaban J connectivity index is 2.12. The summed E-state index contributed by atoms with van der Waals surface area (Å²) in [6, 6.07) is 6.00. The highest BCUT2D eigenvalue weighted by molar-refractivity contribution is 7.99. The van der Waals surface area contributed by atoms with Crippen LogP contribution in [0.5, 0.6) is 11.5 Å². The molecule has 1 heterocycles. The van der Waals surface area contributed by atoms with E-state index in [0.29, 0.717) is 19.8 Å². The fraction of sp³-hybridized carbons (Fsp3) is 0.400. The zero-order valence-corrected chi connectivity index (χ0v) is 8.68. The Hall–Kier alpha value is -0.870. The zero-order chi connectivity index (χ0) is 9.80. The topological polar surface area (TPSA) is 44.5 Å². The average molecular weight is 211 g/mol. The van der Waals surface area contributed by atoms with Gasteiger partial charge in [0.1, 0.15) is 13.2 Å². The number of hydrogen-bond acceptors (Lipinski definition) is 4. The van der Waals surface area contributed by atoms with Crippen molar-refractivity contribution in [1.82, 2.24) is 0 Å². The minimum absolute atomic E-state index is 0.637. The van der Waals surface area contributed by atoms with Crippen LogP contribution in [0.2, 0.25) is 0 Å². The molecule has 0 aliphatic carbocycles. The van der Waals surface area contributed by atoms with Gasteiger partial charge in [0.25, 0.3) is 0 Å². The average Bonchev–Trinajstić information content (AvgIpc) is 2.26. The molecule has 4 heteroatoms. The highest BCUT2D eigenvalue weighted by Gasteiger charge is 2.11. The van der Waals surface area contributed by atoms with Crippen molar-refractivity contribution >= 4 is 11.8 Å². The molecule has 2 N–H and O–H groups in total. The minimum Gasteiger partial charge on any atom is -0.486 e. The van der Waals surface area contributed by atoms with Crippen molar-refractivity contribution in [3.63, 3.8) is 0 Å². The van der Waals surface area contributed by atoms with Gasteiger partial charge in [-0.2, -0.15) is 0 Å². The SMILES string of the molecule is NCCSc1ccc2c(c1)OCCO2. The molecule has 0 saturated carbocycles. The van der Waals surface area contributed by atoms with Crippen LogP contribution in [0.1, 0.15) is 0 Å². The Kier molecular flexibility index (Phi) is 3.16. The van der Waals surface area contributed by atoms with Crippen molar-refractivity contribution < 1.29 is 9.47 Å². The van der Waals surface area contributed by atoms with Crippen LogP contribution in [0.3, 0.4) is 0 Å². The third-order valence-electron chi connectivity index (χ3n) is 1.90. The first kappa shape index (κ1) is 9.68. The van der Waals surface area contributed by atoms with Crippen LogP contribution in [0.15, 0.2) is 23.1 Å². The molecular formula is C10H13NO2S. The van der Waals surface area contributed by atoms with E-state index in [1.54, 1.807) is 11.8 Å². The van der Waals surface area contributed by atoms with Gasteiger partial charge in [0.15, 0.2) is 11.5 Å². The Bertz CT molecular complexity index is 317. The highest BCUT2D eigenvalue weighted by atomic mass is 32.2. The second kappa shape index (κ2) is 4.57. The van der Waals surface area contributed by atoms with Gasteiger partial charge >= 0.3 is 0 Å². The summed E-state index contributed by atoms with van der Waals surface area (Å²) in [6.45, 7) is 1.97. The maximum atomic E-state index is 5.47. The molecule has 1 aromatic carbocycles. The molecule has 0 bridgehead atoms. The molecule has 2 rings (SSSR count). The second-order valence-electron chi connectivity index (χ2n) is 2.94. The molecule has 0 spiro atoms. The summed E-state index contributed by atoms with van der Waals surface area (Å²) in [5, 5.41) is 0. The molecular weight excluding hydrogens is 198 g/mol. The van der Waals surface area contributed by atoms with E-state index in [0.717, 1.165) is 17.3 Å².